The standard InChI is InChI=1S/C78H55N3Si2/c1-7-27-59(28-8-1)82(60-29-9-2-10-30-60,61-31-11-3-12-32-61)65-39-25-26-56(52-65)79-75-45-24-21-42-69(75)71-53-57(47-50-76(71)79)81-77-51-48-66(83(62-33-13-4-14-34-62,63-35-15-5-16-36-63)64-37-17-6-18-38-64)55-72(77)70-49-46-58(54-78(70)81)80-73-43-22-19-40-67(73)68-41-20-23-44-74(68)80/h1-55H. The molecule has 0 saturated carbocycles. The molecule has 390 valence electrons. The van der Waals surface area contributed by atoms with Gasteiger partial charge in [-0.2, -0.15) is 0 Å². The molecule has 0 aliphatic heterocycles. The van der Waals surface area contributed by atoms with E-state index in [1.165, 1.54) is 95.9 Å². The van der Waals surface area contributed by atoms with Crippen molar-refractivity contribution in [2.75, 3.05) is 0 Å². The first-order valence-electron chi connectivity index (χ1n) is 28.7. The monoisotopic (exact) mass is 1090 g/mol. The highest BCUT2D eigenvalue weighted by molar-refractivity contribution is 7.20. The molecule has 0 aliphatic rings. The topological polar surface area (TPSA) is 14.8 Å². The minimum atomic E-state index is -2.87. The lowest BCUT2D eigenvalue weighted by atomic mass is 10.1. The van der Waals surface area contributed by atoms with E-state index in [2.05, 4.69) is 347 Å². The molecule has 0 atom stereocenters. The molecule has 0 radical (unpaired) electrons. The van der Waals surface area contributed by atoms with Crippen molar-refractivity contribution in [3.63, 3.8) is 0 Å². The summed E-state index contributed by atoms with van der Waals surface area (Å²) in [6, 6.07) is 125. The first kappa shape index (κ1) is 48.6. The van der Waals surface area contributed by atoms with Crippen molar-refractivity contribution >= 4 is 123 Å². The van der Waals surface area contributed by atoms with E-state index in [9.17, 15) is 0 Å². The van der Waals surface area contributed by atoms with Crippen LogP contribution in [0.2, 0.25) is 0 Å². The summed E-state index contributed by atoms with van der Waals surface area (Å²) < 4.78 is 7.48. The molecule has 0 aliphatic carbocycles. The number of benzene rings is 13. The molecular formula is C78H55N3Si2. The molecule has 16 rings (SSSR count). The second-order valence-electron chi connectivity index (χ2n) is 21.9. The third-order valence-electron chi connectivity index (χ3n) is 17.7. The van der Waals surface area contributed by atoms with Crippen LogP contribution in [0.15, 0.2) is 334 Å². The Bertz CT molecular complexity index is 4820. The summed E-state index contributed by atoms with van der Waals surface area (Å²) in [6.07, 6.45) is 0. The van der Waals surface area contributed by atoms with Gasteiger partial charge >= 0.3 is 0 Å². The van der Waals surface area contributed by atoms with Crippen LogP contribution in [0.25, 0.3) is 82.5 Å². The Morgan fingerprint density at radius 1 is 0.157 bits per heavy atom. The van der Waals surface area contributed by atoms with Crippen molar-refractivity contribution in [1.29, 1.82) is 0 Å². The van der Waals surface area contributed by atoms with E-state index in [0.717, 1.165) is 28.1 Å². The average molecular weight is 1090 g/mol. The Morgan fingerprint density at radius 2 is 0.446 bits per heavy atom. The Balaban J connectivity index is 0.949. The Kier molecular flexibility index (Phi) is 11.6. The highest BCUT2D eigenvalue weighted by Crippen LogP contribution is 2.39. The molecule has 3 nitrogen and oxygen atoms in total. The van der Waals surface area contributed by atoms with Crippen molar-refractivity contribution in [2.24, 2.45) is 0 Å². The van der Waals surface area contributed by atoms with E-state index in [1.807, 2.05) is 0 Å². The van der Waals surface area contributed by atoms with E-state index < -0.39 is 16.1 Å². The minimum absolute atomic E-state index is 1.11. The zero-order chi connectivity index (χ0) is 54.9. The lowest BCUT2D eigenvalue weighted by Crippen LogP contribution is -2.74. The summed E-state index contributed by atoms with van der Waals surface area (Å²) in [7, 11) is -5.70. The highest BCUT2D eigenvalue weighted by atomic mass is 28.3. The van der Waals surface area contributed by atoms with Gasteiger partial charge in [0.1, 0.15) is 0 Å². The van der Waals surface area contributed by atoms with Gasteiger partial charge in [0, 0.05) is 49.4 Å². The van der Waals surface area contributed by atoms with Crippen LogP contribution in [0.5, 0.6) is 0 Å². The SMILES string of the molecule is c1ccc([Si](c2ccccc2)(c2ccccc2)c2cccc(-n3c4ccccc4c4cc(-n5c6ccc([Si](c7ccccc7)(c7ccccc7)c7ccccc7)cc6c6ccc(-n7c8ccccc8c8ccccc87)cc65)ccc43)c2)cc1. The van der Waals surface area contributed by atoms with E-state index >= 15 is 0 Å². The largest absolute Gasteiger partial charge is 0.309 e. The van der Waals surface area contributed by atoms with Gasteiger partial charge in [0.2, 0.25) is 0 Å². The zero-order valence-corrected chi connectivity index (χ0v) is 47.6. The molecule has 83 heavy (non-hydrogen) atoms. The fourth-order valence-electron chi connectivity index (χ4n) is 14.2. The number of nitrogens with zero attached hydrogens (tertiary/aromatic N) is 3. The molecule has 0 saturated heterocycles. The van der Waals surface area contributed by atoms with Crippen LogP contribution in [-0.4, -0.2) is 29.8 Å². The number of para-hydroxylation sites is 3. The minimum Gasteiger partial charge on any atom is -0.309 e. The van der Waals surface area contributed by atoms with Crippen LogP contribution in [0.1, 0.15) is 0 Å². The molecule has 16 aromatic rings. The number of aromatic nitrogens is 3. The van der Waals surface area contributed by atoms with Crippen LogP contribution in [0.4, 0.5) is 0 Å². The molecule has 0 fully saturated rings. The van der Waals surface area contributed by atoms with Crippen molar-refractivity contribution in [3.05, 3.63) is 334 Å². The molecule has 13 aromatic carbocycles. The van der Waals surface area contributed by atoms with Crippen LogP contribution in [0, 0.1) is 0 Å². The molecule has 0 bridgehead atoms. The predicted molar refractivity (Wildman–Crippen MR) is 357 cm³/mol. The third-order valence-corrected chi connectivity index (χ3v) is 27.3. The lowest BCUT2D eigenvalue weighted by molar-refractivity contribution is 1.15. The maximum absolute atomic E-state index is 2.87. The number of hydrogen-bond donors (Lipinski definition) is 0. The molecule has 0 amide bonds. The van der Waals surface area contributed by atoms with Gasteiger partial charge in [-0.15, -0.1) is 0 Å². The van der Waals surface area contributed by atoms with Gasteiger partial charge in [0.15, 0.2) is 16.1 Å². The third kappa shape index (κ3) is 7.49. The maximum Gasteiger partial charge on any atom is 0.179 e. The molecular weight excluding hydrogens is 1040 g/mol. The van der Waals surface area contributed by atoms with Crippen molar-refractivity contribution < 1.29 is 0 Å². The molecule has 0 spiro atoms. The van der Waals surface area contributed by atoms with Crippen LogP contribution in [-0.2, 0) is 0 Å². The summed E-state index contributed by atoms with van der Waals surface area (Å²) in [5.74, 6) is 0. The highest BCUT2D eigenvalue weighted by Gasteiger charge is 2.43. The Morgan fingerprint density at radius 3 is 0.892 bits per heavy atom. The second kappa shape index (κ2) is 19.7. The van der Waals surface area contributed by atoms with E-state index in [4.69, 9.17) is 0 Å². The van der Waals surface area contributed by atoms with Crippen molar-refractivity contribution in [3.8, 4) is 17.1 Å². The van der Waals surface area contributed by atoms with Crippen molar-refractivity contribution in [1.82, 2.24) is 13.7 Å². The number of fused-ring (bicyclic) bond motifs is 9. The molecule has 0 unspecified atom stereocenters. The van der Waals surface area contributed by atoms with Gasteiger partial charge in [-0.1, -0.05) is 267 Å². The smallest absolute Gasteiger partial charge is 0.179 e. The summed E-state index contributed by atoms with van der Waals surface area (Å²) in [5.41, 5.74) is 10.4. The van der Waals surface area contributed by atoms with Crippen LogP contribution in [0.3, 0.4) is 0 Å². The van der Waals surface area contributed by atoms with E-state index in [-0.39, 0.29) is 0 Å². The van der Waals surface area contributed by atoms with Crippen molar-refractivity contribution in [2.45, 2.75) is 0 Å². The molecule has 5 heteroatoms. The van der Waals surface area contributed by atoms with Gasteiger partial charge < -0.3 is 13.7 Å². The van der Waals surface area contributed by atoms with E-state index in [1.54, 1.807) is 0 Å². The average Bonchev–Trinajstić information content (AvgIpc) is 2.54. The van der Waals surface area contributed by atoms with Crippen LogP contribution < -0.4 is 41.5 Å². The fraction of sp³-hybridized carbons (Fsp3) is 0. The molecule has 0 N–H and O–H groups in total. The van der Waals surface area contributed by atoms with Crippen LogP contribution >= 0.6 is 0 Å². The number of rotatable bonds is 11. The van der Waals surface area contributed by atoms with E-state index in [0.29, 0.717) is 0 Å². The molecule has 3 heterocycles. The maximum atomic E-state index is 2.55. The summed E-state index contributed by atoms with van der Waals surface area (Å²) in [6.45, 7) is 0. The summed E-state index contributed by atoms with van der Waals surface area (Å²) >= 11 is 0. The summed E-state index contributed by atoms with van der Waals surface area (Å²) in [5, 5.41) is 18.2. The van der Waals surface area contributed by atoms with Gasteiger partial charge in [-0.3, -0.25) is 0 Å². The van der Waals surface area contributed by atoms with Gasteiger partial charge in [0.25, 0.3) is 0 Å². The quantitative estimate of drug-likeness (QED) is 0.0906. The van der Waals surface area contributed by atoms with Gasteiger partial charge in [-0.25, -0.2) is 0 Å². The fourth-order valence-corrected chi connectivity index (χ4v) is 23.8. The summed E-state index contributed by atoms with van der Waals surface area (Å²) in [4.78, 5) is 0. The zero-order valence-electron chi connectivity index (χ0n) is 45.6. The van der Waals surface area contributed by atoms with Gasteiger partial charge in [-0.05, 0) is 108 Å². The number of hydrogen-bond acceptors (Lipinski definition) is 0. The van der Waals surface area contributed by atoms with Gasteiger partial charge in [0.05, 0.1) is 33.1 Å². The molecule has 3 aromatic heterocycles. The Labute approximate surface area is 484 Å². The second-order valence-corrected chi connectivity index (χ2v) is 29.6. The predicted octanol–water partition coefficient (Wildman–Crippen LogP) is 13.7. The first-order valence-corrected chi connectivity index (χ1v) is 32.7. The first-order chi connectivity index (χ1) is 41.2. The normalized spacial score (nSPS) is 12.1. The Hall–Kier alpha value is -10.3. The lowest BCUT2D eigenvalue weighted by Gasteiger charge is -2.34.